The smallest absolute Gasteiger partial charge is 0.194 e. The van der Waals surface area contributed by atoms with Crippen molar-refractivity contribution in [2.24, 2.45) is 5.73 Å². The maximum Gasteiger partial charge on any atom is 0.194 e. The van der Waals surface area contributed by atoms with Gasteiger partial charge in [0.05, 0.1) is 0 Å². The third kappa shape index (κ3) is 0.956. The van der Waals surface area contributed by atoms with Crippen LogP contribution in [0.15, 0.2) is 12.4 Å². The molecule has 0 amide bonds. The summed E-state index contributed by atoms with van der Waals surface area (Å²) in [5, 5.41) is 0. The van der Waals surface area contributed by atoms with Crippen LogP contribution < -0.4 is 5.73 Å². The first-order valence-electron chi connectivity index (χ1n) is 3.88. The molecular formula is C8H11N3S. The molecule has 0 unspecified atom stereocenters. The van der Waals surface area contributed by atoms with Crippen LogP contribution >= 0.6 is 11.3 Å². The van der Waals surface area contributed by atoms with Crippen molar-refractivity contribution >= 4 is 16.3 Å². The second-order valence-electron chi connectivity index (χ2n) is 2.92. The molecule has 0 bridgehead atoms. The van der Waals surface area contributed by atoms with Crippen molar-refractivity contribution in [2.45, 2.75) is 19.9 Å². The van der Waals surface area contributed by atoms with E-state index in [2.05, 4.69) is 16.3 Å². The molecule has 3 nitrogen and oxygen atoms in total. The zero-order valence-corrected chi connectivity index (χ0v) is 7.93. The molecule has 64 valence electrons. The largest absolute Gasteiger partial charge is 0.323 e. The van der Waals surface area contributed by atoms with Crippen LogP contribution in [0.1, 0.15) is 23.5 Å². The van der Waals surface area contributed by atoms with Crippen LogP contribution in [0.5, 0.6) is 0 Å². The highest BCUT2D eigenvalue weighted by Gasteiger charge is 2.11. The maximum absolute atomic E-state index is 5.81. The molecule has 0 aliphatic carbocycles. The number of thiazole rings is 1. The lowest BCUT2D eigenvalue weighted by atomic mass is 10.2. The van der Waals surface area contributed by atoms with Crippen LogP contribution in [0.4, 0.5) is 0 Å². The Hall–Kier alpha value is -0.870. The SMILES string of the molecule is Cc1c([C@@H](C)N)sc2nccn12. The van der Waals surface area contributed by atoms with Gasteiger partial charge in [-0.05, 0) is 13.8 Å². The van der Waals surface area contributed by atoms with Crippen molar-refractivity contribution in [3.8, 4) is 0 Å². The molecule has 2 aromatic rings. The van der Waals surface area contributed by atoms with Gasteiger partial charge in [0, 0.05) is 29.0 Å². The molecule has 1 atom stereocenters. The average Bonchev–Trinajstić information content (AvgIpc) is 2.53. The average molecular weight is 181 g/mol. The number of nitrogens with two attached hydrogens (primary N) is 1. The van der Waals surface area contributed by atoms with Gasteiger partial charge in [-0.25, -0.2) is 4.98 Å². The van der Waals surface area contributed by atoms with E-state index < -0.39 is 0 Å². The molecule has 4 heteroatoms. The summed E-state index contributed by atoms with van der Waals surface area (Å²) < 4.78 is 2.07. The zero-order chi connectivity index (χ0) is 8.72. The van der Waals surface area contributed by atoms with Crippen molar-refractivity contribution in [1.29, 1.82) is 0 Å². The lowest BCUT2D eigenvalue weighted by molar-refractivity contribution is 0.820. The van der Waals surface area contributed by atoms with Crippen molar-refractivity contribution in [3.63, 3.8) is 0 Å². The predicted molar refractivity (Wildman–Crippen MR) is 50.4 cm³/mol. The minimum absolute atomic E-state index is 0.108. The standard InChI is InChI=1S/C8H11N3S/c1-5(9)7-6(2)11-4-3-10-8(11)12-7/h3-5H,9H2,1-2H3/t5-/m1/s1. The monoisotopic (exact) mass is 181 g/mol. The Morgan fingerprint density at radius 1 is 1.67 bits per heavy atom. The second-order valence-corrected chi connectivity index (χ2v) is 3.93. The van der Waals surface area contributed by atoms with E-state index in [0.717, 1.165) is 4.96 Å². The molecular weight excluding hydrogens is 170 g/mol. The van der Waals surface area contributed by atoms with Crippen LogP contribution in [0.3, 0.4) is 0 Å². The van der Waals surface area contributed by atoms with Crippen molar-refractivity contribution in [2.75, 3.05) is 0 Å². The molecule has 2 N–H and O–H groups in total. The van der Waals surface area contributed by atoms with Gasteiger partial charge in [-0.2, -0.15) is 0 Å². The molecule has 2 heterocycles. The summed E-state index contributed by atoms with van der Waals surface area (Å²) in [6, 6.07) is 0.108. The number of hydrogen-bond acceptors (Lipinski definition) is 3. The van der Waals surface area contributed by atoms with Crippen molar-refractivity contribution < 1.29 is 0 Å². The Labute approximate surface area is 74.8 Å². The Balaban J connectivity index is 2.70. The van der Waals surface area contributed by atoms with E-state index in [1.807, 2.05) is 19.3 Å². The van der Waals surface area contributed by atoms with Crippen molar-refractivity contribution in [3.05, 3.63) is 23.0 Å². The number of imidazole rings is 1. The van der Waals surface area contributed by atoms with Crippen LogP contribution in [-0.2, 0) is 0 Å². The van der Waals surface area contributed by atoms with E-state index in [-0.39, 0.29) is 6.04 Å². The molecule has 0 aliphatic rings. The number of rotatable bonds is 1. The lowest BCUT2D eigenvalue weighted by Gasteiger charge is -2.01. The zero-order valence-electron chi connectivity index (χ0n) is 7.11. The van der Waals surface area contributed by atoms with Gasteiger partial charge in [-0.1, -0.05) is 11.3 Å². The van der Waals surface area contributed by atoms with Crippen LogP contribution in [0, 0.1) is 6.92 Å². The van der Waals surface area contributed by atoms with Gasteiger partial charge < -0.3 is 5.73 Å². The summed E-state index contributed by atoms with van der Waals surface area (Å²) in [6.07, 6.45) is 3.77. The summed E-state index contributed by atoms with van der Waals surface area (Å²) in [7, 11) is 0. The maximum atomic E-state index is 5.81. The van der Waals surface area contributed by atoms with Crippen molar-refractivity contribution in [1.82, 2.24) is 9.38 Å². The molecule has 2 rings (SSSR count). The van der Waals surface area contributed by atoms with Crippen LogP contribution in [0.2, 0.25) is 0 Å². The fraction of sp³-hybridized carbons (Fsp3) is 0.375. The number of fused-ring (bicyclic) bond motifs is 1. The van der Waals surface area contributed by atoms with Gasteiger partial charge in [0.1, 0.15) is 0 Å². The summed E-state index contributed by atoms with van der Waals surface area (Å²) in [5.74, 6) is 0. The Morgan fingerprint density at radius 2 is 2.42 bits per heavy atom. The highest BCUT2D eigenvalue weighted by atomic mass is 32.1. The Kier molecular flexibility index (Phi) is 1.66. The molecule has 0 aromatic carbocycles. The second kappa shape index (κ2) is 2.57. The molecule has 0 fully saturated rings. The van der Waals surface area contributed by atoms with E-state index in [1.165, 1.54) is 10.6 Å². The molecule has 0 saturated heterocycles. The fourth-order valence-electron chi connectivity index (χ4n) is 1.33. The summed E-state index contributed by atoms with van der Waals surface area (Å²) in [5.41, 5.74) is 7.02. The molecule has 0 aliphatic heterocycles. The highest BCUT2D eigenvalue weighted by molar-refractivity contribution is 7.17. The third-order valence-corrected chi connectivity index (χ3v) is 3.31. The first kappa shape index (κ1) is 7.76. The molecule has 0 radical (unpaired) electrons. The number of hydrogen-bond donors (Lipinski definition) is 1. The van der Waals surface area contributed by atoms with E-state index in [9.17, 15) is 0 Å². The van der Waals surface area contributed by atoms with Gasteiger partial charge in [-0.3, -0.25) is 4.40 Å². The number of aryl methyl sites for hydroxylation is 1. The number of nitrogens with zero attached hydrogens (tertiary/aromatic N) is 2. The topological polar surface area (TPSA) is 43.3 Å². The highest BCUT2D eigenvalue weighted by Crippen LogP contribution is 2.25. The third-order valence-electron chi connectivity index (χ3n) is 1.94. The fourth-order valence-corrected chi connectivity index (χ4v) is 2.37. The molecule has 0 spiro atoms. The lowest BCUT2D eigenvalue weighted by Crippen LogP contribution is -2.04. The van der Waals surface area contributed by atoms with E-state index in [4.69, 9.17) is 5.73 Å². The first-order chi connectivity index (χ1) is 5.70. The van der Waals surface area contributed by atoms with Crippen LogP contribution in [0.25, 0.3) is 4.96 Å². The first-order valence-corrected chi connectivity index (χ1v) is 4.69. The van der Waals surface area contributed by atoms with Gasteiger partial charge in [-0.15, -0.1) is 0 Å². The summed E-state index contributed by atoms with van der Waals surface area (Å²) in [6.45, 7) is 4.07. The Morgan fingerprint density at radius 3 is 3.00 bits per heavy atom. The normalized spacial score (nSPS) is 13.9. The summed E-state index contributed by atoms with van der Waals surface area (Å²) in [4.78, 5) is 6.46. The predicted octanol–water partition coefficient (Wildman–Crippen LogP) is 1.72. The van der Waals surface area contributed by atoms with Gasteiger partial charge in [0.25, 0.3) is 0 Å². The Bertz CT molecular complexity index is 399. The van der Waals surface area contributed by atoms with E-state index >= 15 is 0 Å². The molecule has 0 saturated carbocycles. The number of aromatic nitrogens is 2. The molecule has 12 heavy (non-hydrogen) atoms. The van der Waals surface area contributed by atoms with Gasteiger partial charge in [0.2, 0.25) is 0 Å². The van der Waals surface area contributed by atoms with Gasteiger partial charge in [0.15, 0.2) is 4.96 Å². The van der Waals surface area contributed by atoms with Gasteiger partial charge >= 0.3 is 0 Å². The minimum atomic E-state index is 0.108. The van der Waals surface area contributed by atoms with Crippen LogP contribution in [-0.4, -0.2) is 9.38 Å². The van der Waals surface area contributed by atoms with E-state index in [1.54, 1.807) is 11.3 Å². The minimum Gasteiger partial charge on any atom is -0.323 e. The quantitative estimate of drug-likeness (QED) is 0.728. The molecule has 2 aromatic heterocycles. The van der Waals surface area contributed by atoms with E-state index in [0.29, 0.717) is 0 Å². The summed E-state index contributed by atoms with van der Waals surface area (Å²) >= 11 is 1.67.